The molecule has 2 aliphatic rings. The number of ether oxygens (including phenoxy) is 2. The number of hydrogen-bond donors (Lipinski definition) is 1. The van der Waals surface area contributed by atoms with Crippen LogP contribution in [0.15, 0.2) is 0 Å². The quantitative estimate of drug-likeness (QED) is 0.227. The van der Waals surface area contributed by atoms with Gasteiger partial charge in [-0.25, -0.2) is 0 Å². The van der Waals surface area contributed by atoms with E-state index in [1.807, 2.05) is 0 Å². The van der Waals surface area contributed by atoms with Crippen molar-refractivity contribution < 1.29 is 72.1 Å². The molecule has 2 aliphatic carbocycles. The summed E-state index contributed by atoms with van der Waals surface area (Å²) in [7, 11) is 0. The molecular formula is C23H30F12O4. The molecule has 0 saturated heterocycles. The number of carbonyl (C=O) groups is 1. The minimum atomic E-state index is -6.00. The van der Waals surface area contributed by atoms with Gasteiger partial charge in [-0.1, -0.05) is 6.92 Å². The van der Waals surface area contributed by atoms with Gasteiger partial charge in [0.2, 0.25) is 6.10 Å². The number of rotatable bonds is 9. The van der Waals surface area contributed by atoms with Crippen molar-refractivity contribution in [3.63, 3.8) is 0 Å². The summed E-state index contributed by atoms with van der Waals surface area (Å²) >= 11 is 0. The Labute approximate surface area is 216 Å². The van der Waals surface area contributed by atoms with Gasteiger partial charge in [-0.2, -0.15) is 52.7 Å². The minimum absolute atomic E-state index is 0.0313. The SMILES string of the molecule is CCC(C)(COC(C(F)(F)F)C(F)(F)F)C(=O)OC(C)(C)C1CC2CC(CC(O)(C(F)(F)F)C(F)(F)F)C1C2. The van der Waals surface area contributed by atoms with Gasteiger partial charge in [-0.15, -0.1) is 0 Å². The fraction of sp³-hybridized carbons (Fsp3) is 0.957. The van der Waals surface area contributed by atoms with E-state index in [4.69, 9.17) is 4.74 Å². The van der Waals surface area contributed by atoms with Crippen LogP contribution in [-0.4, -0.2) is 59.7 Å². The number of aliphatic hydroxyl groups is 1. The molecule has 0 aliphatic heterocycles. The van der Waals surface area contributed by atoms with Crippen molar-refractivity contribution in [3.8, 4) is 0 Å². The van der Waals surface area contributed by atoms with E-state index < -0.39 is 84.2 Å². The first kappa shape index (κ1) is 33.8. The van der Waals surface area contributed by atoms with Gasteiger partial charge < -0.3 is 14.6 Å². The standard InChI is InChI=1S/C23H30F12O4/c1-5-18(4,10-38-15(20(24,25)26)21(27,28)29)16(36)39-17(2,3)14-8-11-6-12(13(14)7-11)9-19(37,22(30,31)32)23(33,34)35/h11-15,37H,5-10H2,1-4H3. The molecule has 0 aromatic carbocycles. The third-order valence-corrected chi connectivity index (χ3v) is 8.13. The lowest BCUT2D eigenvalue weighted by molar-refractivity contribution is -0.373. The molecule has 16 heteroatoms. The highest BCUT2D eigenvalue weighted by atomic mass is 19.4. The average molecular weight is 598 g/mol. The van der Waals surface area contributed by atoms with Gasteiger partial charge in [0.25, 0.3) is 5.60 Å². The fourth-order valence-corrected chi connectivity index (χ4v) is 5.69. The molecule has 2 rings (SSSR count). The lowest BCUT2D eigenvalue weighted by Crippen LogP contribution is -2.58. The first-order valence-corrected chi connectivity index (χ1v) is 12.0. The van der Waals surface area contributed by atoms with Crippen LogP contribution in [0.3, 0.4) is 0 Å². The van der Waals surface area contributed by atoms with Crippen LogP contribution in [-0.2, 0) is 14.3 Å². The summed E-state index contributed by atoms with van der Waals surface area (Å²) in [6.07, 6.45) is -29.3. The van der Waals surface area contributed by atoms with Crippen molar-refractivity contribution in [1.82, 2.24) is 0 Å². The number of carbonyl (C=O) groups excluding carboxylic acids is 1. The molecule has 0 heterocycles. The second kappa shape index (κ2) is 10.4. The van der Waals surface area contributed by atoms with Crippen molar-refractivity contribution in [1.29, 1.82) is 0 Å². The molecule has 4 nitrogen and oxygen atoms in total. The minimum Gasteiger partial charge on any atom is -0.459 e. The molecule has 0 aromatic heterocycles. The van der Waals surface area contributed by atoms with E-state index in [0.29, 0.717) is 0 Å². The maximum Gasteiger partial charge on any atom is 0.426 e. The average Bonchev–Trinajstić information content (AvgIpc) is 3.30. The Morgan fingerprint density at radius 3 is 1.72 bits per heavy atom. The van der Waals surface area contributed by atoms with Crippen LogP contribution in [0, 0.1) is 29.1 Å². The van der Waals surface area contributed by atoms with Crippen LogP contribution in [0.2, 0.25) is 0 Å². The number of esters is 1. The second-order valence-corrected chi connectivity index (χ2v) is 11.3. The third kappa shape index (κ3) is 6.89. The van der Waals surface area contributed by atoms with Gasteiger partial charge >= 0.3 is 30.7 Å². The molecule has 1 N–H and O–H groups in total. The summed E-state index contributed by atoms with van der Waals surface area (Å²) in [6, 6.07) is 0. The van der Waals surface area contributed by atoms with Gasteiger partial charge in [0.15, 0.2) is 0 Å². The molecule has 0 radical (unpaired) electrons. The zero-order chi connectivity index (χ0) is 30.6. The number of alkyl halides is 12. The Hall–Kier alpha value is -1.45. The second-order valence-electron chi connectivity index (χ2n) is 11.3. The highest BCUT2D eigenvalue weighted by Crippen LogP contribution is 2.60. The van der Waals surface area contributed by atoms with Gasteiger partial charge in [0.1, 0.15) is 5.60 Å². The topological polar surface area (TPSA) is 55.8 Å². The maximum atomic E-state index is 13.3. The Morgan fingerprint density at radius 1 is 0.846 bits per heavy atom. The van der Waals surface area contributed by atoms with Gasteiger partial charge in [0, 0.05) is 5.92 Å². The first-order chi connectivity index (χ1) is 17.2. The summed E-state index contributed by atoms with van der Waals surface area (Å²) in [5.74, 6) is -4.40. The van der Waals surface area contributed by atoms with Crippen LogP contribution in [0.1, 0.15) is 59.8 Å². The maximum absolute atomic E-state index is 13.3. The van der Waals surface area contributed by atoms with Crippen LogP contribution in [0.5, 0.6) is 0 Å². The van der Waals surface area contributed by atoms with Crippen molar-refractivity contribution in [3.05, 3.63) is 0 Å². The Bertz CT molecular complexity index is 848. The van der Waals surface area contributed by atoms with Gasteiger partial charge in [-0.3, -0.25) is 4.79 Å². The lowest BCUT2D eigenvalue weighted by Gasteiger charge is -2.43. The van der Waals surface area contributed by atoms with Crippen molar-refractivity contribution in [2.45, 2.75) is 102 Å². The normalized spacial score (nSPS) is 26.7. The Kier molecular flexibility index (Phi) is 9.03. The predicted molar refractivity (Wildman–Crippen MR) is 110 cm³/mol. The number of halogens is 12. The monoisotopic (exact) mass is 598 g/mol. The molecule has 230 valence electrons. The predicted octanol–water partition coefficient (Wildman–Crippen LogP) is 7.14. The van der Waals surface area contributed by atoms with Crippen molar-refractivity contribution in [2.75, 3.05) is 6.61 Å². The van der Waals surface area contributed by atoms with E-state index in [-0.39, 0.29) is 31.6 Å². The molecule has 2 bridgehead atoms. The van der Waals surface area contributed by atoms with E-state index in [0.717, 1.165) is 6.92 Å². The smallest absolute Gasteiger partial charge is 0.426 e. The highest BCUT2D eigenvalue weighted by molar-refractivity contribution is 5.77. The Balaban J connectivity index is 2.20. The van der Waals surface area contributed by atoms with E-state index in [2.05, 4.69) is 4.74 Å². The van der Waals surface area contributed by atoms with Crippen LogP contribution in [0.25, 0.3) is 0 Å². The molecule has 0 aromatic rings. The van der Waals surface area contributed by atoms with E-state index in [9.17, 15) is 62.6 Å². The summed E-state index contributed by atoms with van der Waals surface area (Å²) in [4.78, 5) is 13.0. The van der Waals surface area contributed by atoms with Crippen molar-refractivity contribution >= 4 is 5.97 Å². The zero-order valence-corrected chi connectivity index (χ0v) is 21.3. The molecule has 5 unspecified atom stereocenters. The summed E-state index contributed by atoms with van der Waals surface area (Å²) in [5.41, 5.74) is -8.50. The number of fused-ring (bicyclic) bond motifs is 2. The molecular weight excluding hydrogens is 568 g/mol. The van der Waals surface area contributed by atoms with Crippen molar-refractivity contribution in [2.24, 2.45) is 29.1 Å². The molecule has 39 heavy (non-hydrogen) atoms. The van der Waals surface area contributed by atoms with Gasteiger partial charge in [0.05, 0.1) is 12.0 Å². The molecule has 2 fully saturated rings. The Morgan fingerprint density at radius 2 is 1.33 bits per heavy atom. The summed E-state index contributed by atoms with van der Waals surface area (Å²) in [6.45, 7) is 3.62. The van der Waals surface area contributed by atoms with E-state index >= 15 is 0 Å². The summed E-state index contributed by atoms with van der Waals surface area (Å²) in [5, 5.41) is 9.65. The number of hydrogen-bond acceptors (Lipinski definition) is 4. The highest BCUT2D eigenvalue weighted by Gasteiger charge is 2.71. The fourth-order valence-electron chi connectivity index (χ4n) is 5.69. The zero-order valence-electron chi connectivity index (χ0n) is 21.3. The van der Waals surface area contributed by atoms with Gasteiger partial charge in [-0.05, 0) is 70.6 Å². The molecule has 2 saturated carbocycles. The summed E-state index contributed by atoms with van der Waals surface area (Å²) < 4.78 is 166. The first-order valence-electron chi connectivity index (χ1n) is 12.0. The van der Waals surface area contributed by atoms with Crippen LogP contribution in [0.4, 0.5) is 52.7 Å². The lowest BCUT2D eigenvalue weighted by atomic mass is 9.69. The third-order valence-electron chi connectivity index (χ3n) is 8.13. The van der Waals surface area contributed by atoms with E-state index in [1.54, 1.807) is 0 Å². The van der Waals surface area contributed by atoms with Crippen LogP contribution < -0.4 is 0 Å². The molecule has 0 amide bonds. The molecule has 5 atom stereocenters. The van der Waals surface area contributed by atoms with E-state index in [1.165, 1.54) is 20.8 Å². The van der Waals surface area contributed by atoms with Crippen LogP contribution >= 0.6 is 0 Å². The molecule has 0 spiro atoms. The largest absolute Gasteiger partial charge is 0.459 e.